The lowest BCUT2D eigenvalue weighted by atomic mass is 9.81. The maximum atomic E-state index is 12.9. The number of anilines is 1. The fraction of sp³-hybridized carbons (Fsp3) is 0.375. The van der Waals surface area contributed by atoms with E-state index in [9.17, 15) is 14.4 Å². The topological polar surface area (TPSA) is 72.9 Å². The highest BCUT2D eigenvalue weighted by Gasteiger charge is 2.61. The van der Waals surface area contributed by atoms with Crippen molar-refractivity contribution in [2.75, 3.05) is 18.6 Å². The Morgan fingerprint density at radius 2 is 1.63 bits per heavy atom. The third kappa shape index (κ3) is 2.98. The molecule has 0 aromatic heterocycles. The van der Waals surface area contributed by atoms with Crippen LogP contribution >= 0.6 is 0 Å². The number of ketones is 1. The summed E-state index contributed by atoms with van der Waals surface area (Å²) >= 11 is 0. The van der Waals surface area contributed by atoms with Crippen molar-refractivity contribution < 1.29 is 23.9 Å². The highest BCUT2D eigenvalue weighted by Crippen LogP contribution is 2.56. The first kappa shape index (κ1) is 18.9. The number of imide groups is 1. The maximum Gasteiger partial charge on any atom is 0.237 e. The summed E-state index contributed by atoms with van der Waals surface area (Å²) in [6.45, 7) is -0.110. The number of carbonyl (C=O) groups is 3. The highest BCUT2D eigenvalue weighted by atomic mass is 16.5. The lowest BCUT2D eigenvalue weighted by Crippen LogP contribution is -2.32. The SMILES string of the molecule is COc1cccc(C(=O)COc2ccc(N3C(=O)[C@@H]4[C@@H]5CC[C@@H](C5)[C@@H]4C3=O)cc2)c1. The van der Waals surface area contributed by atoms with Crippen molar-refractivity contribution in [3.63, 3.8) is 0 Å². The van der Waals surface area contributed by atoms with Gasteiger partial charge in [-0.25, -0.2) is 0 Å². The number of carbonyl (C=O) groups excluding carboxylic acids is 3. The number of hydrogen-bond acceptors (Lipinski definition) is 5. The molecular weight excluding hydrogens is 382 g/mol. The monoisotopic (exact) mass is 405 g/mol. The number of benzene rings is 2. The molecule has 6 heteroatoms. The van der Waals surface area contributed by atoms with Crippen LogP contribution in [0.1, 0.15) is 29.6 Å². The lowest BCUT2D eigenvalue weighted by molar-refractivity contribution is -0.123. The molecule has 2 saturated carbocycles. The number of fused-ring (bicyclic) bond motifs is 5. The molecule has 1 aliphatic heterocycles. The second kappa shape index (κ2) is 7.27. The first-order valence-corrected chi connectivity index (χ1v) is 10.3. The van der Waals surface area contributed by atoms with E-state index >= 15 is 0 Å². The van der Waals surface area contributed by atoms with Gasteiger partial charge in [-0.1, -0.05) is 12.1 Å². The summed E-state index contributed by atoms with van der Waals surface area (Å²) in [5.41, 5.74) is 1.09. The molecule has 2 amide bonds. The summed E-state index contributed by atoms with van der Waals surface area (Å²) < 4.78 is 10.7. The van der Waals surface area contributed by atoms with Crippen LogP contribution in [0.5, 0.6) is 11.5 Å². The zero-order valence-electron chi connectivity index (χ0n) is 16.7. The Morgan fingerprint density at radius 1 is 0.967 bits per heavy atom. The standard InChI is InChI=1S/C24H23NO5/c1-29-19-4-2-3-14(12-19)20(26)13-30-18-9-7-17(8-10-18)25-23(27)21-15-5-6-16(11-15)22(21)24(25)28/h2-4,7-10,12,15-16,21-22H,5-6,11,13H2,1H3/t15-,16+,21-,22+. The van der Waals surface area contributed by atoms with Crippen LogP contribution in [0.15, 0.2) is 48.5 Å². The number of ether oxygens (including phenoxy) is 2. The molecule has 6 nitrogen and oxygen atoms in total. The molecular formula is C24H23NO5. The van der Waals surface area contributed by atoms with Gasteiger partial charge in [0.05, 0.1) is 24.6 Å². The smallest absolute Gasteiger partial charge is 0.237 e. The number of Topliss-reactive ketones (excluding diaryl/α,β-unsaturated/α-hetero) is 1. The quantitative estimate of drug-likeness (QED) is 0.543. The number of hydrogen-bond donors (Lipinski definition) is 0. The molecule has 0 radical (unpaired) electrons. The molecule has 1 saturated heterocycles. The molecule has 30 heavy (non-hydrogen) atoms. The van der Waals surface area contributed by atoms with Gasteiger partial charge < -0.3 is 9.47 Å². The summed E-state index contributed by atoms with van der Waals surface area (Å²) in [6, 6.07) is 13.7. The van der Waals surface area contributed by atoms with Crippen LogP contribution in [0.3, 0.4) is 0 Å². The van der Waals surface area contributed by atoms with E-state index in [2.05, 4.69) is 0 Å². The second-order valence-corrected chi connectivity index (χ2v) is 8.33. The number of nitrogens with zero attached hydrogens (tertiary/aromatic N) is 1. The minimum Gasteiger partial charge on any atom is -0.497 e. The van der Waals surface area contributed by atoms with Crippen molar-refractivity contribution in [2.45, 2.75) is 19.3 Å². The van der Waals surface area contributed by atoms with Crippen molar-refractivity contribution >= 4 is 23.3 Å². The van der Waals surface area contributed by atoms with E-state index in [0.717, 1.165) is 19.3 Å². The first-order valence-electron chi connectivity index (χ1n) is 10.3. The maximum absolute atomic E-state index is 12.9. The molecule has 0 spiro atoms. The largest absolute Gasteiger partial charge is 0.497 e. The van der Waals surface area contributed by atoms with Crippen LogP contribution in [0.2, 0.25) is 0 Å². The molecule has 1 heterocycles. The number of amides is 2. The van der Waals surface area contributed by atoms with E-state index in [4.69, 9.17) is 9.47 Å². The van der Waals surface area contributed by atoms with Gasteiger partial charge >= 0.3 is 0 Å². The molecule has 4 atom stereocenters. The third-order valence-electron chi connectivity index (χ3n) is 6.78. The lowest BCUT2D eigenvalue weighted by Gasteiger charge is -2.19. The van der Waals surface area contributed by atoms with Crippen molar-refractivity contribution in [1.29, 1.82) is 0 Å². The Hall–Kier alpha value is -3.15. The van der Waals surface area contributed by atoms with Gasteiger partial charge in [-0.2, -0.15) is 0 Å². The summed E-state index contributed by atoms with van der Waals surface area (Å²) in [7, 11) is 1.55. The molecule has 0 N–H and O–H groups in total. The second-order valence-electron chi connectivity index (χ2n) is 8.33. The predicted molar refractivity (Wildman–Crippen MR) is 110 cm³/mol. The number of rotatable bonds is 6. The molecule has 3 fully saturated rings. The van der Waals surface area contributed by atoms with Crippen molar-refractivity contribution in [1.82, 2.24) is 0 Å². The fourth-order valence-corrected chi connectivity index (χ4v) is 5.38. The van der Waals surface area contributed by atoms with Gasteiger partial charge in [0.2, 0.25) is 11.8 Å². The van der Waals surface area contributed by atoms with Gasteiger partial charge in [0.15, 0.2) is 12.4 Å². The average Bonchev–Trinajstić information content (AvgIpc) is 3.46. The van der Waals surface area contributed by atoms with E-state index in [1.165, 1.54) is 4.90 Å². The van der Waals surface area contributed by atoms with E-state index in [0.29, 0.717) is 34.6 Å². The van der Waals surface area contributed by atoms with Gasteiger partial charge in [-0.15, -0.1) is 0 Å². The number of methoxy groups -OCH3 is 1. The van der Waals surface area contributed by atoms with E-state index in [1.807, 2.05) is 0 Å². The molecule has 2 bridgehead atoms. The van der Waals surface area contributed by atoms with Gasteiger partial charge in [0.25, 0.3) is 0 Å². The minimum atomic E-state index is -0.161. The minimum absolute atomic E-state index is 0.0564. The Bertz CT molecular complexity index is 987. The van der Waals surface area contributed by atoms with E-state index in [-0.39, 0.29) is 36.0 Å². The zero-order chi connectivity index (χ0) is 20.8. The summed E-state index contributed by atoms with van der Waals surface area (Å²) in [5, 5.41) is 0. The molecule has 2 aromatic rings. The average molecular weight is 405 g/mol. The third-order valence-corrected chi connectivity index (χ3v) is 6.78. The van der Waals surface area contributed by atoms with Crippen LogP contribution in [-0.4, -0.2) is 31.3 Å². The van der Waals surface area contributed by atoms with Crippen LogP contribution in [0.25, 0.3) is 0 Å². The normalized spacial score (nSPS) is 26.8. The summed E-state index contributed by atoms with van der Waals surface area (Å²) in [5.74, 6) is 1.32. The van der Waals surface area contributed by atoms with Crippen LogP contribution in [0.4, 0.5) is 5.69 Å². The predicted octanol–water partition coefficient (Wildman–Crippen LogP) is 3.49. The Labute approximate surface area is 174 Å². The van der Waals surface area contributed by atoms with Crippen LogP contribution in [0, 0.1) is 23.7 Å². The van der Waals surface area contributed by atoms with Crippen molar-refractivity contribution in [3.8, 4) is 11.5 Å². The molecule has 2 aromatic carbocycles. The molecule has 154 valence electrons. The summed E-state index contributed by atoms with van der Waals surface area (Å²) in [6.07, 6.45) is 3.15. The summed E-state index contributed by atoms with van der Waals surface area (Å²) in [4.78, 5) is 39.5. The highest BCUT2D eigenvalue weighted by molar-refractivity contribution is 6.22. The van der Waals surface area contributed by atoms with Gasteiger partial charge in [0, 0.05) is 5.56 Å². The van der Waals surface area contributed by atoms with Crippen molar-refractivity contribution in [3.05, 3.63) is 54.1 Å². The molecule has 5 rings (SSSR count). The Balaban J connectivity index is 1.25. The Kier molecular flexibility index (Phi) is 4.57. The fourth-order valence-electron chi connectivity index (χ4n) is 5.38. The van der Waals surface area contributed by atoms with E-state index < -0.39 is 0 Å². The molecule has 3 aliphatic rings. The van der Waals surface area contributed by atoms with E-state index in [1.54, 1.807) is 55.6 Å². The Morgan fingerprint density at radius 3 is 2.27 bits per heavy atom. The first-order chi connectivity index (χ1) is 14.6. The van der Waals surface area contributed by atoms with Crippen molar-refractivity contribution in [2.24, 2.45) is 23.7 Å². The molecule has 0 unspecified atom stereocenters. The van der Waals surface area contributed by atoms with Gasteiger partial charge in [0.1, 0.15) is 11.5 Å². The van der Waals surface area contributed by atoms with Gasteiger partial charge in [-0.3, -0.25) is 19.3 Å². The zero-order valence-corrected chi connectivity index (χ0v) is 16.7. The van der Waals surface area contributed by atoms with Crippen LogP contribution < -0.4 is 14.4 Å². The molecule has 2 aliphatic carbocycles. The van der Waals surface area contributed by atoms with Gasteiger partial charge in [-0.05, 0) is 67.5 Å². The van der Waals surface area contributed by atoms with Crippen LogP contribution in [-0.2, 0) is 9.59 Å².